The summed E-state index contributed by atoms with van der Waals surface area (Å²) in [5, 5.41) is 7.05. The van der Waals surface area contributed by atoms with Gasteiger partial charge >= 0.3 is 0 Å². The molecule has 3 aliphatic rings. The molecular formula is C17H28N2O. The summed E-state index contributed by atoms with van der Waals surface area (Å²) < 4.78 is 0. The molecule has 2 aliphatic carbocycles. The van der Waals surface area contributed by atoms with Crippen molar-refractivity contribution in [2.45, 2.75) is 75.8 Å². The first-order valence-electron chi connectivity index (χ1n) is 8.47. The standard InChI is InChI=1S/C17H28N2O/c20-16(12-14-6-2-3-7-14)19-15-8-11-18-17(13-15)9-4-1-5-10-17/h2,6,14-15,18H,1,3-5,7-13H2,(H,19,20). The quantitative estimate of drug-likeness (QED) is 0.778. The summed E-state index contributed by atoms with van der Waals surface area (Å²) in [7, 11) is 0. The van der Waals surface area contributed by atoms with Gasteiger partial charge in [0.2, 0.25) is 5.91 Å². The predicted octanol–water partition coefficient (Wildman–Crippen LogP) is 2.91. The molecule has 3 heteroatoms. The smallest absolute Gasteiger partial charge is 0.220 e. The van der Waals surface area contributed by atoms with E-state index in [1.807, 2.05) is 0 Å². The minimum Gasteiger partial charge on any atom is -0.353 e. The highest BCUT2D eigenvalue weighted by Crippen LogP contribution is 2.34. The summed E-state index contributed by atoms with van der Waals surface area (Å²) in [5.41, 5.74) is 0.335. The Kier molecular flexibility index (Phi) is 4.45. The minimum absolute atomic E-state index is 0.263. The summed E-state index contributed by atoms with van der Waals surface area (Å²) in [4.78, 5) is 12.2. The lowest BCUT2D eigenvalue weighted by Gasteiger charge is -2.44. The summed E-state index contributed by atoms with van der Waals surface area (Å²) in [6, 6.07) is 0.396. The number of nitrogens with one attached hydrogen (secondary N) is 2. The molecule has 2 unspecified atom stereocenters. The summed E-state index contributed by atoms with van der Waals surface area (Å²) in [6.45, 7) is 1.06. The molecule has 20 heavy (non-hydrogen) atoms. The van der Waals surface area contributed by atoms with E-state index in [1.165, 1.54) is 32.1 Å². The molecule has 1 heterocycles. The number of rotatable bonds is 3. The zero-order valence-corrected chi connectivity index (χ0v) is 12.5. The van der Waals surface area contributed by atoms with E-state index in [0.717, 1.165) is 32.2 Å². The molecule has 0 aromatic carbocycles. The van der Waals surface area contributed by atoms with Crippen LogP contribution in [0.5, 0.6) is 0 Å². The molecule has 0 radical (unpaired) electrons. The molecule has 0 bridgehead atoms. The molecule has 1 saturated carbocycles. The molecule has 1 saturated heterocycles. The highest BCUT2D eigenvalue weighted by molar-refractivity contribution is 5.76. The van der Waals surface area contributed by atoms with Crippen molar-refractivity contribution < 1.29 is 4.79 Å². The molecule has 1 amide bonds. The molecule has 1 spiro atoms. The van der Waals surface area contributed by atoms with Crippen LogP contribution in [0.1, 0.15) is 64.2 Å². The molecule has 0 aromatic rings. The van der Waals surface area contributed by atoms with Crippen molar-refractivity contribution >= 4 is 5.91 Å². The number of carbonyl (C=O) groups is 1. The van der Waals surface area contributed by atoms with Crippen molar-refractivity contribution in [3.8, 4) is 0 Å². The first-order valence-corrected chi connectivity index (χ1v) is 8.47. The van der Waals surface area contributed by atoms with Crippen LogP contribution >= 0.6 is 0 Å². The number of hydrogen-bond donors (Lipinski definition) is 2. The number of amides is 1. The van der Waals surface area contributed by atoms with Crippen LogP contribution in [0.15, 0.2) is 12.2 Å². The topological polar surface area (TPSA) is 41.1 Å². The fourth-order valence-electron chi connectivity index (χ4n) is 4.28. The number of carbonyl (C=O) groups excluding carboxylic acids is 1. The molecule has 2 atom stereocenters. The van der Waals surface area contributed by atoms with E-state index in [0.29, 0.717) is 23.9 Å². The number of piperidine rings is 1. The average molecular weight is 276 g/mol. The maximum Gasteiger partial charge on any atom is 0.220 e. The first-order chi connectivity index (χ1) is 9.76. The maximum absolute atomic E-state index is 12.2. The first kappa shape index (κ1) is 14.1. The van der Waals surface area contributed by atoms with Crippen molar-refractivity contribution in [1.29, 1.82) is 0 Å². The highest BCUT2D eigenvalue weighted by atomic mass is 16.1. The summed E-state index contributed by atoms with van der Waals surface area (Å²) >= 11 is 0. The van der Waals surface area contributed by atoms with Crippen LogP contribution in [0.2, 0.25) is 0 Å². The van der Waals surface area contributed by atoms with Gasteiger partial charge in [0.25, 0.3) is 0 Å². The zero-order valence-electron chi connectivity index (χ0n) is 12.5. The van der Waals surface area contributed by atoms with Crippen LogP contribution < -0.4 is 10.6 Å². The van der Waals surface area contributed by atoms with Gasteiger partial charge < -0.3 is 10.6 Å². The lowest BCUT2D eigenvalue weighted by atomic mass is 9.75. The van der Waals surface area contributed by atoms with Crippen molar-refractivity contribution in [2.75, 3.05) is 6.54 Å². The van der Waals surface area contributed by atoms with Crippen LogP contribution in [0.4, 0.5) is 0 Å². The molecule has 2 N–H and O–H groups in total. The maximum atomic E-state index is 12.2. The monoisotopic (exact) mass is 276 g/mol. The lowest BCUT2D eigenvalue weighted by molar-refractivity contribution is -0.122. The Labute approximate surface area is 122 Å². The van der Waals surface area contributed by atoms with Gasteiger partial charge in [-0.3, -0.25) is 4.79 Å². The Morgan fingerprint density at radius 1 is 1.25 bits per heavy atom. The fourth-order valence-corrected chi connectivity index (χ4v) is 4.28. The van der Waals surface area contributed by atoms with Crippen molar-refractivity contribution in [3.05, 3.63) is 12.2 Å². The van der Waals surface area contributed by atoms with Gasteiger partial charge in [-0.1, -0.05) is 31.4 Å². The van der Waals surface area contributed by atoms with E-state index in [9.17, 15) is 4.79 Å². The SMILES string of the molecule is O=C(CC1C=CCC1)NC1CCNC2(CCCCC2)C1. The van der Waals surface area contributed by atoms with E-state index in [2.05, 4.69) is 22.8 Å². The second kappa shape index (κ2) is 6.30. The lowest BCUT2D eigenvalue weighted by Crippen LogP contribution is -2.57. The molecule has 3 nitrogen and oxygen atoms in total. The Bertz CT molecular complexity index is 366. The van der Waals surface area contributed by atoms with Gasteiger partial charge in [0, 0.05) is 18.0 Å². The average Bonchev–Trinajstić information content (AvgIpc) is 2.92. The largest absolute Gasteiger partial charge is 0.353 e. The van der Waals surface area contributed by atoms with E-state index in [1.54, 1.807) is 0 Å². The van der Waals surface area contributed by atoms with Gasteiger partial charge in [-0.15, -0.1) is 0 Å². The van der Waals surface area contributed by atoms with E-state index in [-0.39, 0.29) is 5.91 Å². The normalized spacial score (nSPS) is 32.4. The van der Waals surface area contributed by atoms with Gasteiger partial charge in [-0.25, -0.2) is 0 Å². The fraction of sp³-hybridized carbons (Fsp3) is 0.824. The molecular weight excluding hydrogens is 248 g/mol. The van der Waals surface area contributed by atoms with Gasteiger partial charge in [0.05, 0.1) is 0 Å². The summed E-state index contributed by atoms with van der Waals surface area (Å²) in [5.74, 6) is 0.750. The third-order valence-electron chi connectivity index (χ3n) is 5.37. The third-order valence-corrected chi connectivity index (χ3v) is 5.37. The molecule has 0 aromatic heterocycles. The zero-order chi connectivity index (χ0) is 13.8. The van der Waals surface area contributed by atoms with Crippen LogP contribution in [0, 0.1) is 5.92 Å². The third kappa shape index (κ3) is 3.43. The number of allylic oxidation sites excluding steroid dienone is 2. The second-order valence-corrected chi connectivity index (χ2v) is 6.99. The second-order valence-electron chi connectivity index (χ2n) is 6.99. The van der Waals surface area contributed by atoms with Crippen LogP contribution in [0.25, 0.3) is 0 Å². The minimum atomic E-state index is 0.263. The predicted molar refractivity (Wildman–Crippen MR) is 81.5 cm³/mol. The van der Waals surface area contributed by atoms with Crippen LogP contribution in [0.3, 0.4) is 0 Å². The Morgan fingerprint density at radius 2 is 2.10 bits per heavy atom. The van der Waals surface area contributed by atoms with E-state index >= 15 is 0 Å². The van der Waals surface area contributed by atoms with Gasteiger partial charge in [0.15, 0.2) is 0 Å². The van der Waals surface area contributed by atoms with Crippen LogP contribution in [-0.4, -0.2) is 24.0 Å². The van der Waals surface area contributed by atoms with Crippen molar-refractivity contribution in [3.63, 3.8) is 0 Å². The van der Waals surface area contributed by atoms with Crippen LogP contribution in [-0.2, 0) is 4.79 Å². The van der Waals surface area contributed by atoms with Gasteiger partial charge in [0.1, 0.15) is 0 Å². The van der Waals surface area contributed by atoms with Crippen molar-refractivity contribution in [2.24, 2.45) is 5.92 Å². The van der Waals surface area contributed by atoms with Gasteiger partial charge in [-0.05, 0) is 51.0 Å². The summed E-state index contributed by atoms with van der Waals surface area (Å²) in [6.07, 6.45) is 16.3. The Balaban J connectivity index is 1.49. The van der Waals surface area contributed by atoms with E-state index in [4.69, 9.17) is 0 Å². The number of hydrogen-bond acceptors (Lipinski definition) is 2. The molecule has 112 valence electrons. The molecule has 2 fully saturated rings. The Hall–Kier alpha value is -0.830. The van der Waals surface area contributed by atoms with Crippen molar-refractivity contribution in [1.82, 2.24) is 10.6 Å². The highest BCUT2D eigenvalue weighted by Gasteiger charge is 2.37. The van der Waals surface area contributed by atoms with E-state index < -0.39 is 0 Å². The molecule has 1 aliphatic heterocycles. The molecule has 3 rings (SSSR count). The Morgan fingerprint density at radius 3 is 2.85 bits per heavy atom. The van der Waals surface area contributed by atoms with Gasteiger partial charge in [-0.2, -0.15) is 0 Å².